The highest BCUT2D eigenvalue weighted by Gasteiger charge is 2.32. The van der Waals surface area contributed by atoms with Crippen LogP contribution in [0.25, 0.3) is 16.8 Å². The lowest BCUT2D eigenvalue weighted by Gasteiger charge is -2.14. The number of amides is 2. The Morgan fingerprint density at radius 3 is 2.90 bits per heavy atom. The van der Waals surface area contributed by atoms with E-state index in [0.29, 0.717) is 22.5 Å². The van der Waals surface area contributed by atoms with Crippen molar-refractivity contribution in [1.82, 2.24) is 19.9 Å². The van der Waals surface area contributed by atoms with Crippen molar-refractivity contribution in [3.8, 4) is 11.1 Å². The summed E-state index contributed by atoms with van der Waals surface area (Å²) < 4.78 is 21.5. The predicted molar refractivity (Wildman–Crippen MR) is 106 cm³/mol. The quantitative estimate of drug-likeness (QED) is 0.694. The second-order valence-corrected chi connectivity index (χ2v) is 6.41. The van der Waals surface area contributed by atoms with Crippen LogP contribution in [0.2, 0.25) is 0 Å². The van der Waals surface area contributed by atoms with E-state index >= 15 is 0 Å². The van der Waals surface area contributed by atoms with E-state index < -0.39 is 18.0 Å². The van der Waals surface area contributed by atoms with E-state index in [0.717, 1.165) is 0 Å². The summed E-state index contributed by atoms with van der Waals surface area (Å²) in [5.74, 6) is -0.571. The van der Waals surface area contributed by atoms with Crippen LogP contribution in [0.3, 0.4) is 0 Å². The van der Waals surface area contributed by atoms with Gasteiger partial charge in [0, 0.05) is 18.7 Å². The Morgan fingerprint density at radius 2 is 2.17 bits per heavy atom. The number of benzene rings is 1. The predicted octanol–water partition coefficient (Wildman–Crippen LogP) is 2.21. The third kappa shape index (κ3) is 3.96. The molecule has 0 spiro atoms. The smallest absolute Gasteiger partial charge is 0.414 e. The van der Waals surface area contributed by atoms with Gasteiger partial charge in [0.15, 0.2) is 5.65 Å². The van der Waals surface area contributed by atoms with E-state index in [1.165, 1.54) is 22.4 Å². The van der Waals surface area contributed by atoms with E-state index in [4.69, 9.17) is 10.5 Å². The third-order valence-electron chi connectivity index (χ3n) is 4.38. The van der Waals surface area contributed by atoms with Gasteiger partial charge in [0.2, 0.25) is 11.9 Å². The summed E-state index contributed by atoms with van der Waals surface area (Å²) in [6.07, 6.45) is 0.578. The fourth-order valence-electron chi connectivity index (χ4n) is 3.07. The van der Waals surface area contributed by atoms with Crippen LogP contribution in [-0.4, -0.2) is 45.8 Å². The monoisotopic (exact) mass is 400 g/mol. The summed E-state index contributed by atoms with van der Waals surface area (Å²) >= 11 is 0. The van der Waals surface area contributed by atoms with Crippen molar-refractivity contribution >= 4 is 29.3 Å². The molecule has 3 N–H and O–H groups in total. The van der Waals surface area contributed by atoms with Crippen LogP contribution in [0, 0.1) is 5.82 Å². The molecule has 0 radical (unpaired) electrons. The zero-order chi connectivity index (χ0) is 19.8. The lowest BCUT2D eigenvalue weighted by atomic mass is 10.1. The normalized spacial score (nSPS) is 15.9. The summed E-state index contributed by atoms with van der Waals surface area (Å²) in [6, 6.07) is 7.88. The van der Waals surface area contributed by atoms with Gasteiger partial charge in [-0.25, -0.2) is 13.7 Å². The van der Waals surface area contributed by atoms with E-state index in [2.05, 4.69) is 15.4 Å². The van der Waals surface area contributed by atoms with Crippen LogP contribution in [-0.2, 0) is 9.53 Å². The Bertz CT molecular complexity index is 1080. The molecule has 29 heavy (non-hydrogen) atoms. The zero-order valence-corrected chi connectivity index (χ0v) is 14.9. The fraction of sp³-hybridized carbons (Fsp3) is 0.263. The van der Waals surface area contributed by atoms with Crippen molar-refractivity contribution in [2.75, 3.05) is 23.7 Å². The molecule has 1 saturated heterocycles. The van der Waals surface area contributed by atoms with E-state index in [1.54, 1.807) is 30.5 Å². The third-order valence-corrected chi connectivity index (χ3v) is 4.38. The maximum atomic E-state index is 14.8. The first-order valence-electron chi connectivity index (χ1n) is 8.55. The van der Waals surface area contributed by atoms with Crippen molar-refractivity contribution in [3.05, 3.63) is 42.3 Å². The lowest BCUT2D eigenvalue weighted by molar-refractivity contribution is -0.119. The van der Waals surface area contributed by atoms with Gasteiger partial charge in [0.25, 0.3) is 0 Å². The minimum absolute atomic E-state index is 0. The number of hydrogen-bond donors (Lipinski definition) is 2. The number of nitrogen functional groups attached to an aromatic ring is 1. The number of hydrogen-bond acceptors (Lipinski definition) is 6. The number of ether oxygens (including phenoxy) is 1. The number of carbonyl (C=O) groups excluding carboxylic acids is 2. The average molecular weight is 400 g/mol. The Kier molecular flexibility index (Phi) is 5.35. The number of halogens is 1. The number of cyclic esters (lactones) is 1. The number of pyridine rings is 1. The van der Waals surface area contributed by atoms with Gasteiger partial charge in [-0.15, -0.1) is 5.10 Å². The topological polar surface area (TPSA) is 115 Å². The minimum Gasteiger partial charge on any atom is -0.442 e. The Balaban J connectivity index is 0.00000240. The SMILES string of the molecule is C.CC(=O)NC[C@H]1CN(c2ccc(-c3ccn4nc(N)nc4c3)c(F)c2)C(=O)O1. The second kappa shape index (κ2) is 7.74. The second-order valence-electron chi connectivity index (χ2n) is 6.41. The summed E-state index contributed by atoms with van der Waals surface area (Å²) in [7, 11) is 0. The van der Waals surface area contributed by atoms with Gasteiger partial charge in [-0.1, -0.05) is 7.43 Å². The molecular weight excluding hydrogens is 379 g/mol. The number of nitrogens with one attached hydrogen (secondary N) is 1. The minimum atomic E-state index is -0.581. The fourth-order valence-corrected chi connectivity index (χ4v) is 3.07. The summed E-state index contributed by atoms with van der Waals surface area (Å²) in [5, 5.41) is 6.58. The van der Waals surface area contributed by atoms with E-state index in [9.17, 15) is 14.0 Å². The average Bonchev–Trinajstić information content (AvgIpc) is 3.20. The Morgan fingerprint density at radius 1 is 1.38 bits per heavy atom. The van der Waals surface area contributed by atoms with Crippen molar-refractivity contribution in [2.45, 2.75) is 20.5 Å². The van der Waals surface area contributed by atoms with Gasteiger partial charge in [-0.3, -0.25) is 9.69 Å². The molecule has 152 valence electrons. The number of nitrogens with two attached hydrogens (primary N) is 1. The molecule has 1 fully saturated rings. The molecule has 3 heterocycles. The molecule has 0 bridgehead atoms. The molecule has 1 aromatic carbocycles. The molecule has 0 saturated carbocycles. The van der Waals surface area contributed by atoms with Gasteiger partial charge >= 0.3 is 6.09 Å². The molecule has 3 aromatic rings. The summed E-state index contributed by atoms with van der Waals surface area (Å²) in [5.41, 5.74) is 7.42. The molecule has 0 aliphatic carbocycles. The number of carbonyl (C=O) groups is 2. The largest absolute Gasteiger partial charge is 0.442 e. The van der Waals surface area contributed by atoms with Crippen molar-refractivity contribution in [1.29, 1.82) is 0 Å². The highest BCUT2D eigenvalue weighted by molar-refractivity contribution is 5.90. The highest BCUT2D eigenvalue weighted by Crippen LogP contribution is 2.29. The first-order valence-corrected chi connectivity index (χ1v) is 8.55. The maximum Gasteiger partial charge on any atom is 0.414 e. The van der Waals surface area contributed by atoms with Gasteiger partial charge < -0.3 is 15.8 Å². The molecule has 2 aromatic heterocycles. The van der Waals surface area contributed by atoms with Crippen LogP contribution in [0.15, 0.2) is 36.5 Å². The number of nitrogens with zero attached hydrogens (tertiary/aromatic N) is 4. The van der Waals surface area contributed by atoms with E-state index in [1.807, 2.05) is 0 Å². The van der Waals surface area contributed by atoms with Crippen molar-refractivity contribution in [2.24, 2.45) is 0 Å². The first kappa shape index (κ1) is 20.1. The van der Waals surface area contributed by atoms with Crippen molar-refractivity contribution < 1.29 is 18.7 Å². The van der Waals surface area contributed by atoms with Gasteiger partial charge in [-0.05, 0) is 35.9 Å². The summed E-state index contributed by atoms with van der Waals surface area (Å²) in [4.78, 5) is 28.5. The molecule has 9 nitrogen and oxygen atoms in total. The number of aromatic nitrogens is 3. The molecule has 1 aliphatic heterocycles. The van der Waals surface area contributed by atoms with Crippen LogP contribution in [0.5, 0.6) is 0 Å². The Hall–Kier alpha value is -3.69. The Labute approximate surface area is 166 Å². The van der Waals surface area contributed by atoms with E-state index in [-0.39, 0.29) is 32.4 Å². The number of anilines is 2. The van der Waals surface area contributed by atoms with Crippen molar-refractivity contribution in [3.63, 3.8) is 0 Å². The van der Waals surface area contributed by atoms with Crippen LogP contribution >= 0.6 is 0 Å². The summed E-state index contributed by atoms with van der Waals surface area (Å²) in [6.45, 7) is 1.82. The lowest BCUT2D eigenvalue weighted by Crippen LogP contribution is -2.33. The van der Waals surface area contributed by atoms with Gasteiger partial charge in [0.05, 0.1) is 18.8 Å². The molecule has 0 unspecified atom stereocenters. The van der Waals surface area contributed by atoms with Gasteiger partial charge in [-0.2, -0.15) is 4.98 Å². The molecule has 1 atom stereocenters. The van der Waals surface area contributed by atoms with Gasteiger partial charge in [0.1, 0.15) is 11.9 Å². The highest BCUT2D eigenvalue weighted by atomic mass is 19.1. The molecule has 10 heteroatoms. The number of rotatable bonds is 4. The first-order chi connectivity index (χ1) is 13.4. The standard InChI is InChI=1S/C18H17FN6O3.CH4/c1-10(26)21-8-13-9-24(18(27)28-13)12-2-3-14(15(19)7-12)11-4-5-25-16(6-11)22-17(20)23-25;/h2-7,13H,8-9H2,1H3,(H2,20,23)(H,21,26);1H4/t13-;/m0./s1. The molecular formula is C19H21FN6O3. The van der Waals surface area contributed by atoms with Crippen LogP contribution in [0.4, 0.5) is 20.8 Å². The van der Waals surface area contributed by atoms with Crippen LogP contribution in [0.1, 0.15) is 14.4 Å². The maximum absolute atomic E-state index is 14.8. The molecule has 4 rings (SSSR count). The number of fused-ring (bicyclic) bond motifs is 1. The molecule has 2 amide bonds. The molecule has 1 aliphatic rings. The zero-order valence-electron chi connectivity index (χ0n) is 14.9. The van der Waals surface area contributed by atoms with Crippen LogP contribution < -0.4 is 16.0 Å².